The van der Waals surface area contributed by atoms with Crippen LogP contribution < -0.4 is 10.1 Å². The van der Waals surface area contributed by atoms with Crippen molar-refractivity contribution in [1.29, 1.82) is 0 Å². The van der Waals surface area contributed by atoms with Gasteiger partial charge in [0, 0.05) is 5.02 Å². The summed E-state index contributed by atoms with van der Waals surface area (Å²) < 4.78 is 5.21. The number of benzene rings is 2. The van der Waals surface area contributed by atoms with Gasteiger partial charge in [0.2, 0.25) is 5.91 Å². The lowest BCUT2D eigenvalue weighted by Gasteiger charge is -2.19. The second-order valence-electron chi connectivity index (χ2n) is 5.25. The molecular formula is C18H20ClNO2. The van der Waals surface area contributed by atoms with Crippen LogP contribution >= 0.6 is 11.6 Å². The van der Waals surface area contributed by atoms with Gasteiger partial charge in [-0.1, -0.05) is 41.9 Å². The first-order valence-electron chi connectivity index (χ1n) is 7.21. The number of carbonyl (C=O) groups is 1. The molecule has 3 nitrogen and oxygen atoms in total. The third-order valence-electron chi connectivity index (χ3n) is 3.72. The summed E-state index contributed by atoms with van der Waals surface area (Å²) in [4.78, 5) is 12.4. The van der Waals surface area contributed by atoms with Crippen LogP contribution in [0.5, 0.6) is 5.75 Å². The van der Waals surface area contributed by atoms with Crippen LogP contribution in [-0.4, -0.2) is 13.0 Å². The van der Waals surface area contributed by atoms with Crippen LogP contribution in [-0.2, 0) is 4.79 Å². The van der Waals surface area contributed by atoms with E-state index < -0.39 is 0 Å². The molecule has 0 spiro atoms. The number of halogens is 1. The van der Waals surface area contributed by atoms with E-state index in [2.05, 4.69) is 5.32 Å². The van der Waals surface area contributed by atoms with Crippen LogP contribution in [0.4, 0.5) is 0 Å². The molecule has 0 aliphatic rings. The van der Waals surface area contributed by atoms with Crippen molar-refractivity contribution in [3.05, 3.63) is 64.7 Å². The number of nitrogens with one attached hydrogen (secondary N) is 1. The minimum absolute atomic E-state index is 0.0524. The number of ether oxygens (including phenoxy) is 1. The first kappa shape index (κ1) is 16.4. The number of amides is 1. The van der Waals surface area contributed by atoms with Gasteiger partial charge in [-0.05, 0) is 43.2 Å². The minimum atomic E-state index is -0.304. The topological polar surface area (TPSA) is 38.3 Å². The molecule has 2 aromatic carbocycles. The van der Waals surface area contributed by atoms with Crippen molar-refractivity contribution in [2.75, 3.05) is 7.11 Å². The monoisotopic (exact) mass is 317 g/mol. The SMILES string of the molecule is COc1cccc([C@@H](C)NC(=O)C(C)c2ccccc2Cl)c1. The Bertz CT molecular complexity index is 657. The van der Waals surface area contributed by atoms with E-state index in [1.807, 2.05) is 56.3 Å². The standard InChI is InChI=1S/C18H20ClNO2/c1-12(16-9-4-5-10-17(16)19)18(21)20-13(2)14-7-6-8-15(11-14)22-3/h4-13H,1-3H3,(H,20,21)/t12?,13-/m1/s1. The second-order valence-corrected chi connectivity index (χ2v) is 5.66. The zero-order chi connectivity index (χ0) is 16.1. The van der Waals surface area contributed by atoms with E-state index >= 15 is 0 Å². The van der Waals surface area contributed by atoms with Crippen LogP contribution in [0.1, 0.15) is 36.9 Å². The zero-order valence-corrected chi connectivity index (χ0v) is 13.7. The van der Waals surface area contributed by atoms with Gasteiger partial charge in [0.05, 0.1) is 19.1 Å². The van der Waals surface area contributed by atoms with Gasteiger partial charge in [0.15, 0.2) is 0 Å². The second kappa shape index (κ2) is 7.32. The molecule has 1 unspecified atom stereocenters. The lowest BCUT2D eigenvalue weighted by Crippen LogP contribution is -2.30. The van der Waals surface area contributed by atoms with E-state index in [0.29, 0.717) is 5.02 Å². The Morgan fingerprint density at radius 3 is 2.55 bits per heavy atom. The smallest absolute Gasteiger partial charge is 0.227 e. The highest BCUT2D eigenvalue weighted by molar-refractivity contribution is 6.31. The van der Waals surface area contributed by atoms with Crippen LogP contribution in [0.3, 0.4) is 0 Å². The fourth-order valence-corrected chi connectivity index (χ4v) is 2.60. The molecule has 116 valence electrons. The van der Waals surface area contributed by atoms with Gasteiger partial charge in [-0.2, -0.15) is 0 Å². The zero-order valence-electron chi connectivity index (χ0n) is 13.0. The fourth-order valence-electron chi connectivity index (χ4n) is 2.30. The van der Waals surface area contributed by atoms with Crippen molar-refractivity contribution >= 4 is 17.5 Å². The van der Waals surface area contributed by atoms with Crippen LogP contribution in [0.25, 0.3) is 0 Å². The fraction of sp³-hybridized carbons (Fsp3) is 0.278. The molecular weight excluding hydrogens is 298 g/mol. The summed E-state index contributed by atoms with van der Waals surface area (Å²) in [6.45, 7) is 3.81. The third-order valence-corrected chi connectivity index (χ3v) is 4.06. The van der Waals surface area contributed by atoms with E-state index in [1.165, 1.54) is 0 Å². The van der Waals surface area contributed by atoms with Gasteiger partial charge in [0.25, 0.3) is 0 Å². The number of carbonyl (C=O) groups excluding carboxylic acids is 1. The molecule has 1 N–H and O–H groups in total. The number of methoxy groups -OCH3 is 1. The van der Waals surface area contributed by atoms with Crippen molar-refractivity contribution in [2.45, 2.75) is 25.8 Å². The summed E-state index contributed by atoms with van der Waals surface area (Å²) in [7, 11) is 1.63. The summed E-state index contributed by atoms with van der Waals surface area (Å²) in [5, 5.41) is 3.63. The Morgan fingerprint density at radius 2 is 1.86 bits per heavy atom. The molecule has 2 atom stereocenters. The molecule has 22 heavy (non-hydrogen) atoms. The van der Waals surface area contributed by atoms with Gasteiger partial charge in [-0.15, -0.1) is 0 Å². The van der Waals surface area contributed by atoms with Gasteiger partial charge in [0.1, 0.15) is 5.75 Å². The molecule has 2 rings (SSSR count). The maximum Gasteiger partial charge on any atom is 0.227 e. The molecule has 0 saturated heterocycles. The molecule has 0 radical (unpaired) electrons. The third kappa shape index (κ3) is 3.80. The van der Waals surface area contributed by atoms with E-state index in [9.17, 15) is 4.79 Å². The van der Waals surface area contributed by atoms with Crippen LogP contribution in [0, 0.1) is 0 Å². The van der Waals surface area contributed by atoms with E-state index in [-0.39, 0.29) is 17.9 Å². The van der Waals surface area contributed by atoms with E-state index in [0.717, 1.165) is 16.9 Å². The minimum Gasteiger partial charge on any atom is -0.497 e. The molecule has 0 aromatic heterocycles. The number of hydrogen-bond acceptors (Lipinski definition) is 2. The molecule has 0 bridgehead atoms. The van der Waals surface area contributed by atoms with E-state index in [1.54, 1.807) is 13.2 Å². The average molecular weight is 318 g/mol. The van der Waals surface area contributed by atoms with Crippen LogP contribution in [0.15, 0.2) is 48.5 Å². The predicted octanol–water partition coefficient (Wildman–Crippen LogP) is 4.33. The molecule has 1 amide bonds. The lowest BCUT2D eigenvalue weighted by atomic mass is 9.99. The molecule has 0 saturated carbocycles. The molecule has 2 aromatic rings. The highest BCUT2D eigenvalue weighted by atomic mass is 35.5. The quantitative estimate of drug-likeness (QED) is 0.891. The summed E-state index contributed by atoms with van der Waals surface area (Å²) in [5.41, 5.74) is 1.83. The Hall–Kier alpha value is -2.00. The van der Waals surface area contributed by atoms with Gasteiger partial charge < -0.3 is 10.1 Å². The van der Waals surface area contributed by atoms with Crippen molar-refractivity contribution in [3.63, 3.8) is 0 Å². The number of rotatable bonds is 5. The maximum absolute atomic E-state index is 12.4. The Morgan fingerprint density at radius 1 is 1.14 bits per heavy atom. The first-order valence-corrected chi connectivity index (χ1v) is 7.59. The van der Waals surface area contributed by atoms with Crippen molar-refractivity contribution in [2.24, 2.45) is 0 Å². The highest BCUT2D eigenvalue weighted by Gasteiger charge is 2.19. The van der Waals surface area contributed by atoms with Crippen molar-refractivity contribution < 1.29 is 9.53 Å². The molecule has 0 heterocycles. The normalized spacial score (nSPS) is 13.3. The van der Waals surface area contributed by atoms with Crippen molar-refractivity contribution in [1.82, 2.24) is 5.32 Å². The van der Waals surface area contributed by atoms with Gasteiger partial charge in [-0.25, -0.2) is 0 Å². The number of hydrogen-bond donors (Lipinski definition) is 1. The Balaban J connectivity index is 2.09. The largest absolute Gasteiger partial charge is 0.497 e. The summed E-state index contributed by atoms with van der Waals surface area (Å²) in [6.07, 6.45) is 0. The predicted molar refractivity (Wildman–Crippen MR) is 89.4 cm³/mol. The maximum atomic E-state index is 12.4. The molecule has 0 fully saturated rings. The highest BCUT2D eigenvalue weighted by Crippen LogP contribution is 2.25. The average Bonchev–Trinajstić information content (AvgIpc) is 2.54. The molecule has 4 heteroatoms. The van der Waals surface area contributed by atoms with E-state index in [4.69, 9.17) is 16.3 Å². The Labute approximate surface area is 136 Å². The summed E-state index contributed by atoms with van der Waals surface area (Å²) in [5.74, 6) is 0.419. The Kier molecular flexibility index (Phi) is 5.45. The molecule has 0 aliphatic heterocycles. The lowest BCUT2D eigenvalue weighted by molar-refractivity contribution is -0.122. The van der Waals surface area contributed by atoms with Gasteiger partial charge in [-0.3, -0.25) is 4.79 Å². The van der Waals surface area contributed by atoms with Gasteiger partial charge >= 0.3 is 0 Å². The first-order chi connectivity index (χ1) is 10.5. The summed E-state index contributed by atoms with van der Waals surface area (Å²) in [6, 6.07) is 15.0. The van der Waals surface area contributed by atoms with Crippen molar-refractivity contribution in [3.8, 4) is 5.75 Å². The molecule has 0 aliphatic carbocycles. The summed E-state index contributed by atoms with van der Waals surface area (Å²) >= 11 is 6.16. The van der Waals surface area contributed by atoms with Crippen LogP contribution in [0.2, 0.25) is 5.02 Å².